The van der Waals surface area contributed by atoms with E-state index >= 15 is 0 Å². The van der Waals surface area contributed by atoms with Crippen molar-refractivity contribution in [1.82, 2.24) is 0 Å². The Bertz CT molecular complexity index is 505. The molecule has 19 heavy (non-hydrogen) atoms. The predicted molar refractivity (Wildman–Crippen MR) is 63.6 cm³/mol. The summed E-state index contributed by atoms with van der Waals surface area (Å²) in [6.45, 7) is 0. The Morgan fingerprint density at radius 2 is 1.84 bits per heavy atom. The number of carboxylic acid groups (broad SMARTS) is 1. The number of carbonyl (C=O) groups is 1. The van der Waals surface area contributed by atoms with Crippen molar-refractivity contribution in [2.45, 2.75) is 37.3 Å². The van der Waals surface area contributed by atoms with Gasteiger partial charge in [0, 0.05) is 5.69 Å². The fourth-order valence-corrected chi connectivity index (χ4v) is 2.81. The molecule has 1 aliphatic carbocycles. The van der Waals surface area contributed by atoms with Gasteiger partial charge in [-0.25, -0.2) is 0 Å². The predicted octanol–water partition coefficient (Wildman–Crippen LogP) is 3.18. The van der Waals surface area contributed by atoms with Crippen LogP contribution in [0.1, 0.15) is 36.8 Å². The lowest BCUT2D eigenvalue weighted by molar-refractivity contribution is -0.144. The Hall–Kier alpha value is -1.72. The summed E-state index contributed by atoms with van der Waals surface area (Å²) in [6, 6.07) is 3.49. The van der Waals surface area contributed by atoms with Gasteiger partial charge in [0.25, 0.3) is 0 Å². The highest BCUT2D eigenvalue weighted by Gasteiger charge is 2.46. The molecular formula is C13H14F3NO2. The summed E-state index contributed by atoms with van der Waals surface area (Å²) in [7, 11) is 0. The van der Waals surface area contributed by atoms with Crippen molar-refractivity contribution < 1.29 is 23.1 Å². The van der Waals surface area contributed by atoms with Crippen LogP contribution in [0.4, 0.5) is 18.9 Å². The van der Waals surface area contributed by atoms with Crippen LogP contribution < -0.4 is 5.73 Å². The Morgan fingerprint density at radius 1 is 1.26 bits per heavy atom. The first kappa shape index (κ1) is 13.7. The van der Waals surface area contributed by atoms with E-state index in [1.165, 1.54) is 12.1 Å². The van der Waals surface area contributed by atoms with Crippen molar-refractivity contribution >= 4 is 11.7 Å². The molecule has 0 amide bonds. The molecule has 3 nitrogen and oxygen atoms in total. The average molecular weight is 273 g/mol. The van der Waals surface area contributed by atoms with E-state index < -0.39 is 28.8 Å². The number of para-hydroxylation sites is 1. The summed E-state index contributed by atoms with van der Waals surface area (Å²) >= 11 is 0. The van der Waals surface area contributed by atoms with Gasteiger partial charge >= 0.3 is 12.1 Å². The fraction of sp³-hybridized carbons (Fsp3) is 0.462. The lowest BCUT2D eigenvalue weighted by Gasteiger charge is -2.27. The lowest BCUT2D eigenvalue weighted by Crippen LogP contribution is -2.34. The molecule has 0 aliphatic heterocycles. The minimum Gasteiger partial charge on any atom is -0.481 e. The second-order valence-corrected chi connectivity index (χ2v) is 4.86. The minimum absolute atomic E-state index is 0.0901. The maximum Gasteiger partial charge on any atom is 0.418 e. The van der Waals surface area contributed by atoms with Crippen molar-refractivity contribution in [3.63, 3.8) is 0 Å². The molecule has 1 aromatic carbocycles. The topological polar surface area (TPSA) is 63.3 Å². The van der Waals surface area contributed by atoms with E-state index in [-0.39, 0.29) is 5.56 Å². The Balaban J connectivity index is 2.60. The zero-order chi connectivity index (χ0) is 14.3. The molecule has 0 aromatic heterocycles. The van der Waals surface area contributed by atoms with Crippen LogP contribution in [0.3, 0.4) is 0 Å². The van der Waals surface area contributed by atoms with Gasteiger partial charge in [-0.1, -0.05) is 25.0 Å². The lowest BCUT2D eigenvalue weighted by atomic mass is 9.77. The minimum atomic E-state index is -4.57. The molecule has 0 saturated heterocycles. The van der Waals surface area contributed by atoms with Gasteiger partial charge in [-0.2, -0.15) is 13.2 Å². The van der Waals surface area contributed by atoms with Crippen molar-refractivity contribution in [3.8, 4) is 0 Å². The van der Waals surface area contributed by atoms with Crippen LogP contribution in [-0.2, 0) is 16.4 Å². The van der Waals surface area contributed by atoms with Crippen LogP contribution in [0.25, 0.3) is 0 Å². The largest absolute Gasteiger partial charge is 0.481 e. The zero-order valence-corrected chi connectivity index (χ0v) is 10.1. The highest BCUT2D eigenvalue weighted by Crippen LogP contribution is 2.46. The number of carboxylic acids is 1. The highest BCUT2D eigenvalue weighted by molar-refractivity contribution is 5.84. The standard InChI is InChI=1S/C13H14F3NO2/c14-13(15,16)9-5-3-4-8(10(9)17)12(11(18)19)6-1-2-7-12/h3-5H,1-2,6-7,17H2,(H,18,19). The Labute approximate surface area is 108 Å². The molecule has 6 heteroatoms. The van der Waals surface area contributed by atoms with Crippen molar-refractivity contribution in [3.05, 3.63) is 29.3 Å². The number of nitrogen functional groups attached to an aromatic ring is 1. The summed E-state index contributed by atoms with van der Waals surface area (Å²) in [4.78, 5) is 11.5. The molecule has 0 atom stereocenters. The van der Waals surface area contributed by atoms with Crippen LogP contribution in [0, 0.1) is 0 Å². The first-order valence-corrected chi connectivity index (χ1v) is 5.98. The first-order valence-electron chi connectivity index (χ1n) is 5.98. The van der Waals surface area contributed by atoms with Gasteiger partial charge in [-0.15, -0.1) is 0 Å². The SMILES string of the molecule is Nc1c(C(F)(F)F)cccc1C1(C(=O)O)CCCC1. The molecule has 0 bridgehead atoms. The number of rotatable bonds is 2. The van der Waals surface area contributed by atoms with Crippen LogP contribution in [-0.4, -0.2) is 11.1 Å². The van der Waals surface area contributed by atoms with Gasteiger partial charge in [0.15, 0.2) is 0 Å². The molecule has 3 N–H and O–H groups in total. The number of anilines is 1. The summed E-state index contributed by atoms with van der Waals surface area (Å²) in [6.07, 6.45) is -2.55. The molecule has 1 fully saturated rings. The van der Waals surface area contributed by atoms with Crippen LogP contribution in [0.2, 0.25) is 0 Å². The maximum atomic E-state index is 12.8. The monoisotopic (exact) mass is 273 g/mol. The third-order valence-corrected chi connectivity index (χ3v) is 3.79. The van der Waals surface area contributed by atoms with E-state index in [2.05, 4.69) is 0 Å². The number of hydrogen-bond donors (Lipinski definition) is 2. The number of halogens is 3. The van der Waals surface area contributed by atoms with Gasteiger partial charge in [0.1, 0.15) is 0 Å². The first-order chi connectivity index (χ1) is 8.79. The van der Waals surface area contributed by atoms with Gasteiger partial charge in [-0.3, -0.25) is 4.79 Å². The Kier molecular flexibility index (Phi) is 3.20. The summed E-state index contributed by atoms with van der Waals surface area (Å²) < 4.78 is 38.4. The molecule has 0 heterocycles. The van der Waals surface area contributed by atoms with E-state index in [0.29, 0.717) is 25.7 Å². The molecule has 0 spiro atoms. The quantitative estimate of drug-likeness (QED) is 0.813. The molecule has 1 aliphatic rings. The van der Waals surface area contributed by atoms with Gasteiger partial charge in [0.2, 0.25) is 0 Å². The summed E-state index contributed by atoms with van der Waals surface area (Å²) in [5.74, 6) is -1.10. The number of benzene rings is 1. The number of hydrogen-bond acceptors (Lipinski definition) is 2. The van der Waals surface area contributed by atoms with E-state index in [0.717, 1.165) is 6.07 Å². The van der Waals surface area contributed by atoms with Gasteiger partial charge < -0.3 is 10.8 Å². The van der Waals surface area contributed by atoms with E-state index in [9.17, 15) is 23.1 Å². The fourth-order valence-electron chi connectivity index (χ4n) is 2.81. The molecule has 0 unspecified atom stereocenters. The zero-order valence-electron chi connectivity index (χ0n) is 10.1. The van der Waals surface area contributed by atoms with Crippen LogP contribution in [0.5, 0.6) is 0 Å². The molecule has 1 saturated carbocycles. The Morgan fingerprint density at radius 3 is 2.32 bits per heavy atom. The molecular weight excluding hydrogens is 259 g/mol. The molecule has 2 rings (SSSR count). The number of nitrogens with two attached hydrogens (primary N) is 1. The summed E-state index contributed by atoms with van der Waals surface area (Å²) in [5.41, 5.74) is 2.99. The van der Waals surface area contributed by atoms with Crippen LogP contribution >= 0.6 is 0 Å². The summed E-state index contributed by atoms with van der Waals surface area (Å²) in [5, 5.41) is 9.40. The van der Waals surface area contributed by atoms with E-state index in [1.807, 2.05) is 0 Å². The molecule has 104 valence electrons. The molecule has 0 radical (unpaired) electrons. The second kappa shape index (κ2) is 4.43. The average Bonchev–Trinajstić information content (AvgIpc) is 2.77. The van der Waals surface area contributed by atoms with Crippen molar-refractivity contribution in [2.75, 3.05) is 5.73 Å². The highest BCUT2D eigenvalue weighted by atomic mass is 19.4. The van der Waals surface area contributed by atoms with E-state index in [4.69, 9.17) is 5.73 Å². The van der Waals surface area contributed by atoms with Crippen LogP contribution in [0.15, 0.2) is 18.2 Å². The van der Waals surface area contributed by atoms with Crippen molar-refractivity contribution in [2.24, 2.45) is 0 Å². The normalized spacial score (nSPS) is 18.5. The van der Waals surface area contributed by atoms with E-state index in [1.54, 1.807) is 0 Å². The number of alkyl halides is 3. The third kappa shape index (κ3) is 2.15. The smallest absolute Gasteiger partial charge is 0.418 e. The third-order valence-electron chi connectivity index (χ3n) is 3.79. The second-order valence-electron chi connectivity index (χ2n) is 4.86. The van der Waals surface area contributed by atoms with Crippen molar-refractivity contribution in [1.29, 1.82) is 0 Å². The maximum absolute atomic E-state index is 12.8. The van der Waals surface area contributed by atoms with Gasteiger partial charge in [0.05, 0.1) is 11.0 Å². The van der Waals surface area contributed by atoms with Gasteiger partial charge in [-0.05, 0) is 24.5 Å². The number of aliphatic carboxylic acids is 1. The molecule has 1 aromatic rings.